The lowest BCUT2D eigenvalue weighted by Crippen LogP contribution is -2.26. The molecule has 6 heteroatoms. The van der Waals surface area contributed by atoms with E-state index < -0.39 is 0 Å². The van der Waals surface area contributed by atoms with E-state index in [-0.39, 0.29) is 5.91 Å². The molecule has 1 N–H and O–H groups in total. The van der Waals surface area contributed by atoms with Gasteiger partial charge < -0.3 is 5.32 Å². The van der Waals surface area contributed by atoms with Crippen LogP contribution < -0.4 is 5.32 Å². The predicted octanol–water partition coefficient (Wildman–Crippen LogP) is 3.44. The summed E-state index contributed by atoms with van der Waals surface area (Å²) in [6, 6.07) is 12.2. The van der Waals surface area contributed by atoms with Crippen molar-refractivity contribution in [2.75, 3.05) is 6.54 Å². The number of aryl methyl sites for hydroxylation is 2. The van der Waals surface area contributed by atoms with E-state index in [1.54, 1.807) is 0 Å². The molecule has 0 unspecified atom stereocenters. The zero-order valence-electron chi connectivity index (χ0n) is 13.5. The highest BCUT2D eigenvalue weighted by atomic mass is 35.5. The van der Waals surface area contributed by atoms with E-state index in [1.807, 2.05) is 31.2 Å². The third-order valence-corrected chi connectivity index (χ3v) is 4.25. The number of nitrogens with one attached hydrogen (secondary N) is 1. The van der Waals surface area contributed by atoms with Crippen molar-refractivity contribution in [2.45, 2.75) is 26.2 Å². The average molecular weight is 343 g/mol. The van der Waals surface area contributed by atoms with Gasteiger partial charge in [-0.1, -0.05) is 41.9 Å². The van der Waals surface area contributed by atoms with Crippen LogP contribution >= 0.6 is 11.6 Å². The van der Waals surface area contributed by atoms with Gasteiger partial charge in [0, 0.05) is 6.54 Å². The van der Waals surface area contributed by atoms with Crippen LogP contribution in [0.2, 0.25) is 5.15 Å². The number of unbranched alkanes of at least 4 members (excludes halogenated alkanes) is 1. The minimum atomic E-state index is -0.186. The third kappa shape index (κ3) is 3.74. The highest BCUT2D eigenvalue weighted by Crippen LogP contribution is 2.14. The van der Waals surface area contributed by atoms with E-state index in [4.69, 9.17) is 11.6 Å². The summed E-state index contributed by atoms with van der Waals surface area (Å²) in [6.45, 7) is 2.48. The smallest absolute Gasteiger partial charge is 0.271 e. The van der Waals surface area contributed by atoms with E-state index in [0.29, 0.717) is 23.0 Å². The molecule has 0 radical (unpaired) electrons. The van der Waals surface area contributed by atoms with Crippen LogP contribution in [-0.2, 0) is 6.42 Å². The quantitative estimate of drug-likeness (QED) is 0.698. The summed E-state index contributed by atoms with van der Waals surface area (Å²) < 4.78 is 1.48. The fourth-order valence-electron chi connectivity index (χ4n) is 2.53. The number of fused-ring (bicyclic) bond motifs is 1. The minimum absolute atomic E-state index is 0.186. The van der Waals surface area contributed by atoms with Crippen molar-refractivity contribution in [3.63, 3.8) is 0 Å². The van der Waals surface area contributed by atoms with Crippen molar-refractivity contribution in [1.29, 1.82) is 0 Å². The molecule has 0 aliphatic rings. The van der Waals surface area contributed by atoms with Crippen molar-refractivity contribution in [1.82, 2.24) is 19.9 Å². The van der Waals surface area contributed by atoms with Gasteiger partial charge in [0.2, 0.25) is 0 Å². The van der Waals surface area contributed by atoms with Crippen molar-refractivity contribution < 1.29 is 4.79 Å². The molecule has 2 aromatic heterocycles. The summed E-state index contributed by atoms with van der Waals surface area (Å²) in [7, 11) is 0. The summed E-state index contributed by atoms with van der Waals surface area (Å²) in [6.07, 6.45) is 4.49. The van der Waals surface area contributed by atoms with Crippen molar-refractivity contribution in [3.8, 4) is 0 Å². The van der Waals surface area contributed by atoms with Crippen LogP contribution in [0, 0.1) is 6.92 Å². The van der Waals surface area contributed by atoms with Crippen LogP contribution in [0.4, 0.5) is 0 Å². The molecular formula is C18H19ClN4O. The molecule has 2 heterocycles. The maximum Gasteiger partial charge on any atom is 0.271 e. The molecule has 5 nitrogen and oxygen atoms in total. The summed E-state index contributed by atoms with van der Waals surface area (Å²) >= 11 is 6.03. The second-order valence-electron chi connectivity index (χ2n) is 5.73. The van der Waals surface area contributed by atoms with Gasteiger partial charge in [-0.3, -0.25) is 4.79 Å². The van der Waals surface area contributed by atoms with Gasteiger partial charge in [0.25, 0.3) is 5.91 Å². The molecule has 24 heavy (non-hydrogen) atoms. The SMILES string of the molecule is Cc1cc2ncc(C(=O)NCCCCc3ccccc3)n2nc1Cl. The number of benzene rings is 1. The number of hydrogen-bond acceptors (Lipinski definition) is 3. The summed E-state index contributed by atoms with van der Waals surface area (Å²) in [4.78, 5) is 16.5. The zero-order chi connectivity index (χ0) is 16.9. The van der Waals surface area contributed by atoms with Crippen LogP contribution in [0.1, 0.15) is 34.5 Å². The van der Waals surface area contributed by atoms with Gasteiger partial charge in [0.15, 0.2) is 16.5 Å². The number of halogens is 1. The Morgan fingerprint density at radius 1 is 1.25 bits per heavy atom. The lowest BCUT2D eigenvalue weighted by Gasteiger charge is -2.06. The van der Waals surface area contributed by atoms with Crippen LogP contribution in [0.25, 0.3) is 5.65 Å². The first-order valence-corrected chi connectivity index (χ1v) is 8.36. The molecule has 1 aromatic carbocycles. The minimum Gasteiger partial charge on any atom is -0.351 e. The number of amides is 1. The lowest BCUT2D eigenvalue weighted by atomic mass is 10.1. The number of nitrogens with zero attached hydrogens (tertiary/aromatic N) is 3. The first kappa shape index (κ1) is 16.5. The van der Waals surface area contributed by atoms with E-state index >= 15 is 0 Å². The molecule has 124 valence electrons. The Morgan fingerprint density at radius 3 is 2.83 bits per heavy atom. The van der Waals surface area contributed by atoms with Crippen LogP contribution in [-0.4, -0.2) is 27.0 Å². The molecule has 3 rings (SSSR count). The molecule has 0 aliphatic carbocycles. The standard InChI is InChI=1S/C18H19ClN4O/c1-13-11-16-21-12-15(23(16)22-17(13)19)18(24)20-10-6-5-9-14-7-3-2-4-8-14/h2-4,7-8,11-12H,5-6,9-10H2,1H3,(H,20,24). The first-order valence-electron chi connectivity index (χ1n) is 7.98. The van der Waals surface area contributed by atoms with E-state index in [0.717, 1.165) is 24.8 Å². The second-order valence-corrected chi connectivity index (χ2v) is 6.09. The van der Waals surface area contributed by atoms with Crippen molar-refractivity contribution in [3.05, 3.63) is 64.6 Å². The zero-order valence-corrected chi connectivity index (χ0v) is 14.3. The number of hydrogen-bond donors (Lipinski definition) is 1. The largest absolute Gasteiger partial charge is 0.351 e. The lowest BCUT2D eigenvalue weighted by molar-refractivity contribution is 0.0946. The number of aromatic nitrogens is 3. The summed E-state index contributed by atoms with van der Waals surface area (Å²) in [5, 5.41) is 7.49. The summed E-state index contributed by atoms with van der Waals surface area (Å²) in [5.41, 5.74) is 3.17. The Morgan fingerprint density at radius 2 is 2.04 bits per heavy atom. The van der Waals surface area contributed by atoms with Crippen LogP contribution in [0.5, 0.6) is 0 Å². The van der Waals surface area contributed by atoms with Crippen molar-refractivity contribution in [2.24, 2.45) is 0 Å². The Kier molecular flexibility index (Phi) is 5.11. The Bertz CT molecular complexity index is 845. The molecule has 0 spiro atoms. The normalized spacial score (nSPS) is 10.9. The van der Waals surface area contributed by atoms with Crippen LogP contribution in [0.3, 0.4) is 0 Å². The second kappa shape index (κ2) is 7.45. The molecule has 0 saturated heterocycles. The molecular weight excluding hydrogens is 324 g/mol. The third-order valence-electron chi connectivity index (χ3n) is 3.88. The van der Waals surface area contributed by atoms with Gasteiger partial charge in [0.1, 0.15) is 0 Å². The Hall–Kier alpha value is -2.40. The molecule has 0 saturated carbocycles. The number of carbonyl (C=O) groups is 1. The Balaban J connectivity index is 1.53. The topological polar surface area (TPSA) is 59.3 Å². The fraction of sp³-hybridized carbons (Fsp3) is 0.278. The highest BCUT2D eigenvalue weighted by Gasteiger charge is 2.14. The van der Waals surface area contributed by atoms with Gasteiger partial charge in [-0.25, -0.2) is 9.50 Å². The maximum atomic E-state index is 12.3. The van der Waals surface area contributed by atoms with Crippen LogP contribution in [0.15, 0.2) is 42.6 Å². The van der Waals surface area contributed by atoms with E-state index in [9.17, 15) is 4.79 Å². The molecule has 3 aromatic rings. The predicted molar refractivity (Wildman–Crippen MR) is 94.4 cm³/mol. The van der Waals surface area contributed by atoms with Gasteiger partial charge >= 0.3 is 0 Å². The average Bonchev–Trinajstić information content (AvgIpc) is 2.98. The number of rotatable bonds is 6. The van der Waals surface area contributed by atoms with Gasteiger partial charge in [-0.15, -0.1) is 0 Å². The maximum absolute atomic E-state index is 12.3. The summed E-state index contributed by atoms with van der Waals surface area (Å²) in [5.74, 6) is -0.186. The highest BCUT2D eigenvalue weighted by molar-refractivity contribution is 6.30. The molecule has 0 atom stereocenters. The molecule has 0 fully saturated rings. The van der Waals surface area contributed by atoms with Crippen molar-refractivity contribution >= 4 is 23.2 Å². The Labute approximate surface area is 145 Å². The first-order chi connectivity index (χ1) is 11.6. The molecule has 1 amide bonds. The number of carbonyl (C=O) groups excluding carboxylic acids is 1. The van der Waals surface area contributed by atoms with Gasteiger partial charge in [0.05, 0.1) is 6.20 Å². The van der Waals surface area contributed by atoms with E-state index in [2.05, 4.69) is 27.5 Å². The van der Waals surface area contributed by atoms with Gasteiger partial charge in [-0.05, 0) is 43.4 Å². The fourth-order valence-corrected chi connectivity index (χ4v) is 2.66. The molecule has 0 bridgehead atoms. The number of imidazole rings is 1. The van der Waals surface area contributed by atoms with E-state index in [1.165, 1.54) is 16.3 Å². The monoisotopic (exact) mass is 342 g/mol. The van der Waals surface area contributed by atoms with Gasteiger partial charge in [-0.2, -0.15) is 5.10 Å². The molecule has 0 aliphatic heterocycles.